The Bertz CT molecular complexity index is 2490. The van der Waals surface area contributed by atoms with Gasteiger partial charge in [-0.1, -0.05) is 91.0 Å². The quantitative estimate of drug-likeness (QED) is 0.193. The Morgan fingerprint density at radius 1 is 0.455 bits per heavy atom. The maximum Gasteiger partial charge on any atom is 0.124 e. The fourth-order valence-corrected chi connectivity index (χ4v) is 7.69. The highest BCUT2D eigenvalue weighted by Gasteiger charge is 2.16. The van der Waals surface area contributed by atoms with Crippen molar-refractivity contribution in [3.63, 3.8) is 0 Å². The molecule has 3 heteroatoms. The SMILES string of the molecule is c1ccc(N(c2ccc(-c3cc4ccc5ccccc5c4c4ccccc34)cc2)c2ccc3sc4ncccc4c3c2)cc1. The number of para-hydroxylation sites is 1. The van der Waals surface area contributed by atoms with Crippen LogP contribution in [-0.2, 0) is 0 Å². The number of pyridine rings is 1. The molecule has 0 aliphatic rings. The molecule has 2 nitrogen and oxygen atoms in total. The summed E-state index contributed by atoms with van der Waals surface area (Å²) in [4.78, 5) is 8.02. The normalized spacial score (nSPS) is 11.6. The molecule has 206 valence electrons. The molecule has 2 heterocycles. The van der Waals surface area contributed by atoms with Gasteiger partial charge in [0.2, 0.25) is 0 Å². The molecule has 0 atom stereocenters. The second-order valence-corrected chi connectivity index (χ2v) is 12.2. The zero-order chi connectivity index (χ0) is 29.0. The first-order valence-electron chi connectivity index (χ1n) is 14.9. The molecule has 0 aliphatic carbocycles. The molecule has 7 aromatic carbocycles. The number of hydrogen-bond donors (Lipinski definition) is 0. The summed E-state index contributed by atoms with van der Waals surface area (Å²) in [7, 11) is 0. The number of hydrogen-bond acceptors (Lipinski definition) is 3. The lowest BCUT2D eigenvalue weighted by Gasteiger charge is -2.26. The van der Waals surface area contributed by atoms with E-state index < -0.39 is 0 Å². The zero-order valence-corrected chi connectivity index (χ0v) is 24.6. The van der Waals surface area contributed by atoms with Crippen molar-refractivity contribution in [3.05, 3.63) is 158 Å². The Balaban J connectivity index is 1.20. The van der Waals surface area contributed by atoms with E-state index in [1.165, 1.54) is 58.9 Å². The maximum absolute atomic E-state index is 4.61. The van der Waals surface area contributed by atoms with Crippen molar-refractivity contribution in [1.82, 2.24) is 4.98 Å². The van der Waals surface area contributed by atoms with E-state index in [0.29, 0.717) is 0 Å². The van der Waals surface area contributed by atoms with Crippen LogP contribution in [0.2, 0.25) is 0 Å². The molecule has 0 spiro atoms. The Labute approximate surface area is 259 Å². The molecule has 0 N–H and O–H groups in total. The lowest BCUT2D eigenvalue weighted by Crippen LogP contribution is -2.09. The van der Waals surface area contributed by atoms with E-state index in [1.54, 1.807) is 11.3 Å². The summed E-state index contributed by atoms with van der Waals surface area (Å²) in [5.74, 6) is 0. The van der Waals surface area contributed by atoms with Crippen LogP contribution in [0.15, 0.2) is 158 Å². The van der Waals surface area contributed by atoms with Crippen LogP contribution in [0.3, 0.4) is 0 Å². The standard InChI is InChI=1S/C41H26N2S/c1-2-10-30(11-3-1)43(32-22-23-39-38(26-32)36-15-8-24-42-41(36)44-39)31-20-18-28(19-21-31)37-25-29-17-16-27-9-4-5-12-33(27)40(29)35-14-7-6-13-34(35)37/h1-26H. The number of aromatic nitrogens is 1. The molecule has 9 rings (SSSR count). The van der Waals surface area contributed by atoms with E-state index in [9.17, 15) is 0 Å². The van der Waals surface area contributed by atoms with E-state index in [4.69, 9.17) is 0 Å². The van der Waals surface area contributed by atoms with E-state index in [2.05, 4.69) is 155 Å². The Hall–Kier alpha value is -5.51. The van der Waals surface area contributed by atoms with E-state index in [0.717, 1.165) is 21.9 Å². The van der Waals surface area contributed by atoms with Gasteiger partial charge in [-0.25, -0.2) is 4.98 Å². The van der Waals surface area contributed by atoms with Crippen LogP contribution in [0.4, 0.5) is 17.1 Å². The highest BCUT2D eigenvalue weighted by molar-refractivity contribution is 7.25. The third kappa shape index (κ3) is 3.98. The van der Waals surface area contributed by atoms with Gasteiger partial charge in [0.25, 0.3) is 0 Å². The van der Waals surface area contributed by atoms with Gasteiger partial charge in [0.1, 0.15) is 4.83 Å². The average molecular weight is 579 g/mol. The van der Waals surface area contributed by atoms with Crippen LogP contribution in [0.5, 0.6) is 0 Å². The number of nitrogens with zero attached hydrogens (tertiary/aromatic N) is 2. The van der Waals surface area contributed by atoms with Crippen molar-refractivity contribution in [2.45, 2.75) is 0 Å². The van der Waals surface area contributed by atoms with Crippen molar-refractivity contribution in [2.75, 3.05) is 4.90 Å². The Kier molecular flexibility index (Phi) is 5.71. The number of thiophene rings is 1. The largest absolute Gasteiger partial charge is 0.310 e. The van der Waals surface area contributed by atoms with Crippen LogP contribution < -0.4 is 4.90 Å². The lowest BCUT2D eigenvalue weighted by molar-refractivity contribution is 1.29. The minimum absolute atomic E-state index is 1.07. The minimum Gasteiger partial charge on any atom is -0.310 e. The fourth-order valence-electron chi connectivity index (χ4n) is 6.67. The molecule has 9 aromatic rings. The van der Waals surface area contributed by atoms with Gasteiger partial charge in [0.05, 0.1) is 0 Å². The monoisotopic (exact) mass is 578 g/mol. The molecule has 0 bridgehead atoms. The third-order valence-corrected chi connectivity index (χ3v) is 9.78. The van der Waals surface area contributed by atoms with Gasteiger partial charge >= 0.3 is 0 Å². The fraction of sp³-hybridized carbons (Fsp3) is 0. The molecule has 0 unspecified atom stereocenters. The number of benzene rings is 7. The average Bonchev–Trinajstić information content (AvgIpc) is 3.47. The Morgan fingerprint density at radius 2 is 1.14 bits per heavy atom. The minimum atomic E-state index is 1.07. The second-order valence-electron chi connectivity index (χ2n) is 11.2. The van der Waals surface area contributed by atoms with Crippen molar-refractivity contribution < 1.29 is 0 Å². The first-order valence-corrected chi connectivity index (χ1v) is 15.7. The molecule has 0 saturated heterocycles. The van der Waals surface area contributed by atoms with Gasteiger partial charge in [-0.15, -0.1) is 11.3 Å². The van der Waals surface area contributed by atoms with Crippen LogP contribution in [0, 0.1) is 0 Å². The van der Waals surface area contributed by atoms with Crippen LogP contribution >= 0.6 is 11.3 Å². The Morgan fingerprint density at radius 3 is 2.00 bits per heavy atom. The molecule has 0 saturated carbocycles. The first-order chi connectivity index (χ1) is 21.8. The summed E-state index contributed by atoms with van der Waals surface area (Å²) in [6.07, 6.45) is 1.87. The van der Waals surface area contributed by atoms with E-state index in [1.807, 2.05) is 12.3 Å². The molecule has 0 aliphatic heterocycles. The molecule has 0 fully saturated rings. The molecule has 44 heavy (non-hydrogen) atoms. The summed E-state index contributed by atoms with van der Waals surface area (Å²) in [6.45, 7) is 0. The van der Waals surface area contributed by atoms with Gasteiger partial charge < -0.3 is 4.90 Å². The van der Waals surface area contributed by atoms with Gasteiger partial charge in [-0.2, -0.15) is 0 Å². The number of anilines is 3. The summed E-state index contributed by atoms with van der Waals surface area (Å²) >= 11 is 1.75. The number of fused-ring (bicyclic) bond motifs is 8. The van der Waals surface area contributed by atoms with Crippen LogP contribution in [-0.4, -0.2) is 4.98 Å². The molecule has 0 amide bonds. The van der Waals surface area contributed by atoms with Crippen molar-refractivity contribution >= 4 is 81.0 Å². The molecular formula is C41H26N2S. The smallest absolute Gasteiger partial charge is 0.124 e. The summed E-state index contributed by atoms with van der Waals surface area (Å²) < 4.78 is 1.25. The topological polar surface area (TPSA) is 16.1 Å². The first kappa shape index (κ1) is 25.0. The van der Waals surface area contributed by atoms with Crippen molar-refractivity contribution in [1.29, 1.82) is 0 Å². The van der Waals surface area contributed by atoms with Gasteiger partial charge in [-0.05, 0) is 104 Å². The van der Waals surface area contributed by atoms with Gasteiger partial charge in [0, 0.05) is 38.7 Å². The predicted molar refractivity (Wildman–Crippen MR) is 190 cm³/mol. The highest BCUT2D eigenvalue weighted by atomic mass is 32.1. The van der Waals surface area contributed by atoms with Gasteiger partial charge in [-0.3, -0.25) is 0 Å². The lowest BCUT2D eigenvalue weighted by atomic mass is 9.91. The van der Waals surface area contributed by atoms with E-state index >= 15 is 0 Å². The number of rotatable bonds is 4. The van der Waals surface area contributed by atoms with Crippen LogP contribution in [0.25, 0.3) is 63.7 Å². The maximum atomic E-state index is 4.61. The highest BCUT2D eigenvalue weighted by Crippen LogP contribution is 2.42. The molecule has 0 radical (unpaired) electrons. The molecular weight excluding hydrogens is 553 g/mol. The summed E-state index contributed by atoms with van der Waals surface area (Å²) in [5, 5.41) is 10.2. The van der Waals surface area contributed by atoms with Crippen LogP contribution in [0.1, 0.15) is 0 Å². The van der Waals surface area contributed by atoms with E-state index in [-0.39, 0.29) is 0 Å². The third-order valence-electron chi connectivity index (χ3n) is 8.69. The van der Waals surface area contributed by atoms with Crippen molar-refractivity contribution in [3.8, 4) is 11.1 Å². The summed E-state index contributed by atoms with van der Waals surface area (Å²) in [6, 6.07) is 55.0. The second kappa shape index (κ2) is 10.0. The predicted octanol–water partition coefficient (Wildman–Crippen LogP) is 12.0. The molecule has 2 aromatic heterocycles. The summed E-state index contributed by atoms with van der Waals surface area (Å²) in [5.41, 5.74) is 5.83. The van der Waals surface area contributed by atoms with Gasteiger partial charge in [0.15, 0.2) is 0 Å². The van der Waals surface area contributed by atoms with Crippen molar-refractivity contribution in [2.24, 2.45) is 0 Å². The zero-order valence-electron chi connectivity index (χ0n) is 23.8.